The van der Waals surface area contributed by atoms with Crippen LogP contribution in [0, 0.1) is 6.92 Å². The third-order valence-electron chi connectivity index (χ3n) is 1.39. The molecule has 0 bridgehead atoms. The van der Waals surface area contributed by atoms with Crippen molar-refractivity contribution in [1.82, 2.24) is 0 Å². The number of hydrogen-bond donors (Lipinski definition) is 0. The topological polar surface area (TPSA) is 22.4 Å². The molecule has 0 saturated heterocycles. The molecule has 1 rings (SSSR count). The van der Waals surface area contributed by atoms with Crippen molar-refractivity contribution >= 4 is 28.4 Å². The summed E-state index contributed by atoms with van der Waals surface area (Å²) in [6, 6.07) is 3.81. The number of thioether (sulfide) groups is 1. The molecule has 1 heterocycles. The first kappa shape index (κ1) is 10.6. The highest BCUT2D eigenvalue weighted by atomic mass is 32.2. The van der Waals surface area contributed by atoms with Crippen molar-refractivity contribution in [2.24, 2.45) is 0 Å². The summed E-state index contributed by atoms with van der Waals surface area (Å²) in [7, 11) is 0. The molecule has 1 aromatic rings. The van der Waals surface area contributed by atoms with Crippen LogP contribution < -0.4 is 0 Å². The zero-order valence-electron chi connectivity index (χ0n) is 7.70. The molecule has 0 amide bonds. The molecule has 0 radical (unpaired) electrons. The van der Waals surface area contributed by atoms with Crippen LogP contribution in [0.2, 0.25) is 0 Å². The summed E-state index contributed by atoms with van der Waals surface area (Å²) < 4.78 is 11.2. The van der Waals surface area contributed by atoms with Crippen LogP contribution >= 0.6 is 24.0 Å². The normalized spacial score (nSPS) is 10.0. The molecular weight excluding hydrogens is 204 g/mol. The zero-order chi connectivity index (χ0) is 9.68. The van der Waals surface area contributed by atoms with Gasteiger partial charge in [0.1, 0.15) is 18.1 Å². The van der Waals surface area contributed by atoms with Gasteiger partial charge in [-0.2, -0.15) is 0 Å². The lowest BCUT2D eigenvalue weighted by atomic mass is 10.4. The lowest BCUT2D eigenvalue weighted by Crippen LogP contribution is -1.96. The molecule has 1 aromatic heterocycles. The SMILES string of the molecule is CCSC(=S)OCc1ccc(C)o1. The van der Waals surface area contributed by atoms with Gasteiger partial charge < -0.3 is 9.15 Å². The molecule has 0 aromatic carbocycles. The summed E-state index contributed by atoms with van der Waals surface area (Å²) >= 11 is 6.48. The van der Waals surface area contributed by atoms with Crippen molar-refractivity contribution in [3.05, 3.63) is 23.7 Å². The van der Waals surface area contributed by atoms with Crippen molar-refractivity contribution in [2.75, 3.05) is 5.75 Å². The number of ether oxygens (including phenoxy) is 1. The Kier molecular flexibility index (Phi) is 4.32. The van der Waals surface area contributed by atoms with E-state index in [2.05, 4.69) is 0 Å². The first-order valence-corrected chi connectivity index (χ1v) is 5.46. The second-order valence-corrected chi connectivity index (χ2v) is 4.35. The highest BCUT2D eigenvalue weighted by Gasteiger charge is 2.01. The van der Waals surface area contributed by atoms with Gasteiger partial charge in [-0.3, -0.25) is 0 Å². The number of furan rings is 1. The highest BCUT2D eigenvalue weighted by Crippen LogP contribution is 2.11. The van der Waals surface area contributed by atoms with Gasteiger partial charge in [0.15, 0.2) is 0 Å². The third kappa shape index (κ3) is 3.83. The Morgan fingerprint density at radius 3 is 2.92 bits per heavy atom. The lowest BCUT2D eigenvalue weighted by molar-refractivity contribution is 0.269. The van der Waals surface area contributed by atoms with E-state index in [9.17, 15) is 0 Å². The Labute approximate surface area is 87.6 Å². The number of aryl methyl sites for hydroxylation is 1. The van der Waals surface area contributed by atoms with E-state index < -0.39 is 0 Å². The van der Waals surface area contributed by atoms with E-state index in [0.29, 0.717) is 11.0 Å². The summed E-state index contributed by atoms with van der Waals surface area (Å²) in [5.41, 5.74) is 0. The molecule has 0 atom stereocenters. The lowest BCUT2D eigenvalue weighted by Gasteiger charge is -2.02. The van der Waals surface area contributed by atoms with E-state index in [1.807, 2.05) is 26.0 Å². The molecule has 13 heavy (non-hydrogen) atoms. The van der Waals surface area contributed by atoms with Crippen LogP contribution in [0.1, 0.15) is 18.4 Å². The zero-order valence-corrected chi connectivity index (χ0v) is 9.33. The van der Waals surface area contributed by atoms with Gasteiger partial charge in [-0.05, 0) is 37.0 Å². The summed E-state index contributed by atoms with van der Waals surface area (Å²) in [5, 5.41) is 0. The Hall–Kier alpha value is -0.480. The molecule has 0 aliphatic rings. The van der Waals surface area contributed by atoms with E-state index >= 15 is 0 Å². The van der Waals surface area contributed by atoms with Crippen molar-refractivity contribution in [1.29, 1.82) is 0 Å². The van der Waals surface area contributed by atoms with Gasteiger partial charge in [-0.15, -0.1) is 0 Å². The fourth-order valence-corrected chi connectivity index (χ4v) is 1.64. The minimum Gasteiger partial charge on any atom is -0.470 e. The van der Waals surface area contributed by atoms with Crippen molar-refractivity contribution < 1.29 is 9.15 Å². The van der Waals surface area contributed by atoms with Crippen LogP contribution in [0.25, 0.3) is 0 Å². The highest BCUT2D eigenvalue weighted by molar-refractivity contribution is 8.22. The molecule has 72 valence electrons. The van der Waals surface area contributed by atoms with Crippen LogP contribution in [-0.2, 0) is 11.3 Å². The van der Waals surface area contributed by atoms with Crippen molar-refractivity contribution in [2.45, 2.75) is 20.5 Å². The van der Waals surface area contributed by atoms with Crippen LogP contribution in [0.15, 0.2) is 16.5 Å². The summed E-state index contributed by atoms with van der Waals surface area (Å²) in [6.45, 7) is 4.37. The Morgan fingerprint density at radius 1 is 1.62 bits per heavy atom. The van der Waals surface area contributed by atoms with Crippen LogP contribution in [0.3, 0.4) is 0 Å². The maximum absolute atomic E-state index is 5.32. The van der Waals surface area contributed by atoms with Crippen LogP contribution in [0.5, 0.6) is 0 Å². The molecule has 0 N–H and O–H groups in total. The predicted molar refractivity (Wildman–Crippen MR) is 59.0 cm³/mol. The molecule has 0 unspecified atom stereocenters. The summed E-state index contributed by atoms with van der Waals surface area (Å²) in [6.07, 6.45) is 0. The standard InChI is InChI=1S/C9H12O2S2/c1-3-13-9(12)10-6-8-5-4-7(2)11-8/h4-5H,3,6H2,1-2H3. The van der Waals surface area contributed by atoms with Gasteiger partial charge in [0.25, 0.3) is 0 Å². The van der Waals surface area contributed by atoms with E-state index in [1.165, 1.54) is 11.8 Å². The average Bonchev–Trinajstić information content (AvgIpc) is 2.49. The van der Waals surface area contributed by atoms with E-state index in [1.54, 1.807) is 0 Å². The predicted octanol–water partition coefficient (Wildman–Crippen LogP) is 3.14. The summed E-state index contributed by atoms with van der Waals surface area (Å²) in [4.78, 5) is 0. The fourth-order valence-electron chi connectivity index (χ4n) is 0.852. The number of hydrogen-bond acceptors (Lipinski definition) is 4. The minimum atomic E-state index is 0.430. The molecule has 4 heteroatoms. The number of rotatable bonds is 3. The smallest absolute Gasteiger partial charge is 0.220 e. The maximum Gasteiger partial charge on any atom is 0.220 e. The third-order valence-corrected chi connectivity index (χ3v) is 2.50. The van der Waals surface area contributed by atoms with Crippen molar-refractivity contribution in [3.63, 3.8) is 0 Å². The Bertz CT molecular complexity index is 281. The molecule has 0 fully saturated rings. The molecule has 2 nitrogen and oxygen atoms in total. The maximum atomic E-state index is 5.32. The number of thiocarbonyl (C=S) groups is 1. The van der Waals surface area contributed by atoms with Gasteiger partial charge in [0.2, 0.25) is 4.38 Å². The van der Waals surface area contributed by atoms with E-state index in [4.69, 9.17) is 21.4 Å². The van der Waals surface area contributed by atoms with E-state index in [-0.39, 0.29) is 0 Å². The van der Waals surface area contributed by atoms with Crippen molar-refractivity contribution in [3.8, 4) is 0 Å². The van der Waals surface area contributed by atoms with Gasteiger partial charge in [-0.25, -0.2) is 0 Å². The summed E-state index contributed by atoms with van der Waals surface area (Å²) in [5.74, 6) is 2.65. The second kappa shape index (κ2) is 5.29. The van der Waals surface area contributed by atoms with Gasteiger partial charge >= 0.3 is 0 Å². The first-order valence-electron chi connectivity index (χ1n) is 4.07. The molecule has 0 aliphatic carbocycles. The Morgan fingerprint density at radius 2 is 2.38 bits per heavy atom. The average molecular weight is 216 g/mol. The minimum absolute atomic E-state index is 0.430. The molecular formula is C9H12O2S2. The monoisotopic (exact) mass is 216 g/mol. The largest absolute Gasteiger partial charge is 0.470 e. The van der Waals surface area contributed by atoms with Crippen LogP contribution in [0.4, 0.5) is 0 Å². The fraction of sp³-hybridized carbons (Fsp3) is 0.444. The Balaban J connectivity index is 2.30. The molecule has 0 saturated carbocycles. The van der Waals surface area contributed by atoms with Gasteiger partial charge in [0, 0.05) is 0 Å². The van der Waals surface area contributed by atoms with Crippen LogP contribution in [-0.4, -0.2) is 10.1 Å². The van der Waals surface area contributed by atoms with Gasteiger partial charge in [-0.1, -0.05) is 18.7 Å². The second-order valence-electron chi connectivity index (χ2n) is 2.48. The quantitative estimate of drug-likeness (QED) is 0.724. The van der Waals surface area contributed by atoms with E-state index in [0.717, 1.165) is 17.3 Å². The molecule has 0 spiro atoms. The first-order chi connectivity index (χ1) is 6.22. The molecule has 0 aliphatic heterocycles. The van der Waals surface area contributed by atoms with Gasteiger partial charge in [0.05, 0.1) is 0 Å².